The monoisotopic (exact) mass is 291 g/mol. The summed E-state index contributed by atoms with van der Waals surface area (Å²) in [6.45, 7) is 7.84. The minimum absolute atomic E-state index is 0.0336. The topological polar surface area (TPSA) is 67.6 Å². The molecule has 0 radical (unpaired) electrons. The summed E-state index contributed by atoms with van der Waals surface area (Å²) in [6.07, 6.45) is 0. The number of carbonyl (C=O) groups is 1. The molecule has 1 fully saturated rings. The third-order valence-electron chi connectivity index (χ3n) is 4.03. The van der Waals surface area contributed by atoms with E-state index in [-0.39, 0.29) is 11.8 Å². The summed E-state index contributed by atoms with van der Waals surface area (Å²) < 4.78 is 5.39. The maximum Gasteiger partial charge on any atom is 0.228 e. The Balaban J connectivity index is 2.04. The quantitative estimate of drug-likeness (QED) is 0.865. The predicted molar refractivity (Wildman–Crippen MR) is 84.1 cm³/mol. The van der Waals surface area contributed by atoms with Crippen molar-refractivity contribution in [3.8, 4) is 0 Å². The molecule has 1 aromatic carbocycles. The first-order valence-corrected chi connectivity index (χ1v) is 7.54. The molecule has 1 aromatic rings. The van der Waals surface area contributed by atoms with Crippen molar-refractivity contribution in [1.29, 1.82) is 0 Å². The zero-order chi connectivity index (χ0) is 15.2. The van der Waals surface area contributed by atoms with Gasteiger partial charge < -0.3 is 15.8 Å². The second kappa shape index (κ2) is 7.54. The maximum absolute atomic E-state index is 11.9. The van der Waals surface area contributed by atoms with Gasteiger partial charge in [0.25, 0.3) is 0 Å². The van der Waals surface area contributed by atoms with Crippen LogP contribution in [0.1, 0.15) is 25.5 Å². The highest BCUT2D eigenvalue weighted by atomic mass is 16.5. The van der Waals surface area contributed by atoms with E-state index in [1.165, 1.54) is 5.56 Å². The summed E-state index contributed by atoms with van der Waals surface area (Å²) >= 11 is 0. The van der Waals surface area contributed by atoms with Gasteiger partial charge in [0.1, 0.15) is 0 Å². The smallest absolute Gasteiger partial charge is 0.228 e. The SMILES string of the molecule is CC(CN)C(=O)Nc1cccc(C(C)N2CCOCC2)c1. The average Bonchev–Trinajstić information content (AvgIpc) is 2.54. The first-order valence-electron chi connectivity index (χ1n) is 7.54. The Kier molecular flexibility index (Phi) is 5.73. The van der Waals surface area contributed by atoms with Crippen LogP contribution in [0.2, 0.25) is 0 Å². The van der Waals surface area contributed by atoms with E-state index in [1.807, 2.05) is 25.1 Å². The third-order valence-corrected chi connectivity index (χ3v) is 4.03. The molecule has 1 amide bonds. The summed E-state index contributed by atoms with van der Waals surface area (Å²) in [6, 6.07) is 8.35. The van der Waals surface area contributed by atoms with Gasteiger partial charge in [0.2, 0.25) is 5.91 Å². The third kappa shape index (κ3) is 4.27. The lowest BCUT2D eigenvalue weighted by molar-refractivity contribution is -0.119. The minimum atomic E-state index is -0.176. The molecule has 21 heavy (non-hydrogen) atoms. The fourth-order valence-corrected chi connectivity index (χ4v) is 2.42. The Hall–Kier alpha value is -1.43. The number of nitrogens with zero attached hydrogens (tertiary/aromatic N) is 1. The molecule has 2 unspecified atom stereocenters. The summed E-state index contributed by atoms with van der Waals surface area (Å²) in [5, 5.41) is 2.93. The molecule has 3 N–H and O–H groups in total. The standard InChI is InChI=1S/C16H25N3O2/c1-12(11-17)16(20)18-15-5-3-4-14(10-15)13(2)19-6-8-21-9-7-19/h3-5,10,12-13H,6-9,11,17H2,1-2H3,(H,18,20). The van der Waals surface area contributed by atoms with Gasteiger partial charge in [-0.25, -0.2) is 0 Å². The first-order chi connectivity index (χ1) is 10.1. The van der Waals surface area contributed by atoms with Crippen molar-refractivity contribution < 1.29 is 9.53 Å². The van der Waals surface area contributed by atoms with Crippen molar-refractivity contribution in [1.82, 2.24) is 4.90 Å². The van der Waals surface area contributed by atoms with Gasteiger partial charge in [-0.1, -0.05) is 19.1 Å². The van der Waals surface area contributed by atoms with Crippen molar-refractivity contribution in [2.75, 3.05) is 38.2 Å². The average molecular weight is 291 g/mol. The van der Waals surface area contributed by atoms with Crippen LogP contribution in [0, 0.1) is 5.92 Å². The molecule has 1 aliphatic rings. The number of carbonyl (C=O) groups excluding carboxylic acids is 1. The lowest BCUT2D eigenvalue weighted by Crippen LogP contribution is -2.38. The molecule has 1 aliphatic heterocycles. The number of rotatable bonds is 5. The summed E-state index contributed by atoms with van der Waals surface area (Å²) in [5.41, 5.74) is 7.56. The molecule has 5 heteroatoms. The van der Waals surface area contributed by atoms with Crippen LogP contribution in [0.25, 0.3) is 0 Å². The van der Waals surface area contributed by atoms with Gasteiger partial charge in [-0.05, 0) is 24.6 Å². The van der Waals surface area contributed by atoms with Gasteiger partial charge in [0.15, 0.2) is 0 Å². The highest BCUT2D eigenvalue weighted by Crippen LogP contribution is 2.23. The second-order valence-corrected chi connectivity index (χ2v) is 5.58. The van der Waals surface area contributed by atoms with E-state index in [2.05, 4.69) is 23.2 Å². The van der Waals surface area contributed by atoms with Crippen LogP contribution in [-0.4, -0.2) is 43.7 Å². The Labute approximate surface area is 126 Å². The van der Waals surface area contributed by atoms with E-state index in [0.29, 0.717) is 12.6 Å². The van der Waals surface area contributed by atoms with E-state index in [0.717, 1.165) is 32.0 Å². The zero-order valence-corrected chi connectivity index (χ0v) is 12.8. The number of amides is 1. The highest BCUT2D eigenvalue weighted by Gasteiger charge is 2.19. The Morgan fingerprint density at radius 3 is 2.76 bits per heavy atom. The van der Waals surface area contributed by atoms with Crippen molar-refractivity contribution in [2.24, 2.45) is 11.7 Å². The molecule has 0 bridgehead atoms. The summed E-state index contributed by atoms with van der Waals surface area (Å²) in [4.78, 5) is 14.3. The van der Waals surface area contributed by atoms with Crippen molar-refractivity contribution >= 4 is 11.6 Å². The van der Waals surface area contributed by atoms with Crippen molar-refractivity contribution in [2.45, 2.75) is 19.9 Å². The molecule has 5 nitrogen and oxygen atoms in total. The molecular formula is C16H25N3O2. The summed E-state index contributed by atoms with van der Waals surface area (Å²) in [7, 11) is 0. The lowest BCUT2D eigenvalue weighted by Gasteiger charge is -2.32. The number of nitrogens with two attached hydrogens (primary N) is 1. The highest BCUT2D eigenvalue weighted by molar-refractivity contribution is 5.92. The fraction of sp³-hybridized carbons (Fsp3) is 0.562. The van der Waals surface area contributed by atoms with E-state index in [1.54, 1.807) is 0 Å². The van der Waals surface area contributed by atoms with Gasteiger partial charge in [0.05, 0.1) is 13.2 Å². The molecule has 0 aliphatic carbocycles. The van der Waals surface area contributed by atoms with E-state index in [4.69, 9.17) is 10.5 Å². The van der Waals surface area contributed by atoms with Crippen LogP contribution in [0.4, 0.5) is 5.69 Å². The Morgan fingerprint density at radius 1 is 1.38 bits per heavy atom. The van der Waals surface area contributed by atoms with Crippen LogP contribution < -0.4 is 11.1 Å². The van der Waals surface area contributed by atoms with Gasteiger partial charge in [0, 0.05) is 37.3 Å². The number of benzene rings is 1. The van der Waals surface area contributed by atoms with E-state index in [9.17, 15) is 4.79 Å². The number of ether oxygens (including phenoxy) is 1. The molecule has 1 heterocycles. The van der Waals surface area contributed by atoms with Gasteiger partial charge in [-0.3, -0.25) is 9.69 Å². The first kappa shape index (κ1) is 15.9. The molecule has 2 atom stereocenters. The van der Waals surface area contributed by atoms with Crippen LogP contribution in [-0.2, 0) is 9.53 Å². The number of hydrogen-bond donors (Lipinski definition) is 2. The van der Waals surface area contributed by atoms with Crippen molar-refractivity contribution in [3.05, 3.63) is 29.8 Å². The predicted octanol–water partition coefficient (Wildman–Crippen LogP) is 1.61. The lowest BCUT2D eigenvalue weighted by atomic mass is 10.1. The van der Waals surface area contributed by atoms with Crippen LogP contribution >= 0.6 is 0 Å². The molecule has 0 saturated carbocycles. The Morgan fingerprint density at radius 2 is 2.10 bits per heavy atom. The van der Waals surface area contributed by atoms with Gasteiger partial charge in [-0.15, -0.1) is 0 Å². The fourth-order valence-electron chi connectivity index (χ4n) is 2.42. The zero-order valence-electron chi connectivity index (χ0n) is 12.8. The van der Waals surface area contributed by atoms with Crippen molar-refractivity contribution in [3.63, 3.8) is 0 Å². The van der Waals surface area contributed by atoms with Crippen LogP contribution in [0.15, 0.2) is 24.3 Å². The van der Waals surface area contributed by atoms with Crippen LogP contribution in [0.5, 0.6) is 0 Å². The minimum Gasteiger partial charge on any atom is -0.379 e. The van der Waals surface area contributed by atoms with E-state index >= 15 is 0 Å². The number of hydrogen-bond acceptors (Lipinski definition) is 4. The van der Waals surface area contributed by atoms with Gasteiger partial charge >= 0.3 is 0 Å². The molecular weight excluding hydrogens is 266 g/mol. The van der Waals surface area contributed by atoms with Gasteiger partial charge in [-0.2, -0.15) is 0 Å². The normalized spacial score (nSPS) is 19.0. The second-order valence-electron chi connectivity index (χ2n) is 5.58. The molecule has 0 aromatic heterocycles. The van der Waals surface area contributed by atoms with Crippen LogP contribution in [0.3, 0.4) is 0 Å². The molecule has 1 saturated heterocycles. The van der Waals surface area contributed by atoms with E-state index < -0.39 is 0 Å². The number of nitrogens with one attached hydrogen (secondary N) is 1. The number of morpholine rings is 1. The molecule has 116 valence electrons. The molecule has 2 rings (SSSR count). The Bertz CT molecular complexity index is 472. The number of anilines is 1. The summed E-state index contributed by atoms with van der Waals surface area (Å²) in [5.74, 6) is -0.209. The molecule has 0 spiro atoms. The largest absolute Gasteiger partial charge is 0.379 e. The maximum atomic E-state index is 11.9.